The molecule has 90 valence electrons. The molecular formula is C13H16N2O2. The molecule has 1 aromatic rings. The maximum atomic E-state index is 9.18. The van der Waals surface area contributed by atoms with Gasteiger partial charge in [-0.25, -0.2) is 0 Å². The first kappa shape index (κ1) is 11.9. The number of para-hydroxylation sites is 1. The molecule has 0 radical (unpaired) electrons. The zero-order chi connectivity index (χ0) is 12.3. The Labute approximate surface area is 101 Å². The molecule has 0 aromatic heterocycles. The van der Waals surface area contributed by atoms with Crippen molar-refractivity contribution in [2.75, 3.05) is 24.6 Å². The molecule has 1 heterocycles. The van der Waals surface area contributed by atoms with E-state index in [-0.39, 0.29) is 18.8 Å². The standard InChI is InChI=1S/C13H16N2O2/c1-10-7-15(8-12(9-16)17-10)13-5-3-2-4-11(13)6-14/h2-5,10,12,16H,7-9H2,1H3. The predicted molar refractivity (Wildman–Crippen MR) is 64.8 cm³/mol. The molecule has 1 fully saturated rings. The van der Waals surface area contributed by atoms with Crippen LogP contribution in [-0.4, -0.2) is 37.0 Å². The lowest BCUT2D eigenvalue weighted by Crippen LogP contribution is -2.48. The van der Waals surface area contributed by atoms with Gasteiger partial charge in [0.1, 0.15) is 6.07 Å². The van der Waals surface area contributed by atoms with E-state index in [9.17, 15) is 5.11 Å². The van der Waals surface area contributed by atoms with Crippen molar-refractivity contribution in [2.24, 2.45) is 0 Å². The van der Waals surface area contributed by atoms with Crippen molar-refractivity contribution in [3.8, 4) is 6.07 Å². The number of hydrogen-bond donors (Lipinski definition) is 1. The maximum Gasteiger partial charge on any atom is 0.101 e. The van der Waals surface area contributed by atoms with Gasteiger partial charge < -0.3 is 14.7 Å². The Morgan fingerprint density at radius 2 is 2.24 bits per heavy atom. The molecule has 0 saturated carbocycles. The number of nitriles is 1. The third-order valence-electron chi connectivity index (χ3n) is 2.90. The highest BCUT2D eigenvalue weighted by Crippen LogP contribution is 2.23. The van der Waals surface area contributed by atoms with Gasteiger partial charge in [0, 0.05) is 13.1 Å². The zero-order valence-corrected chi connectivity index (χ0v) is 9.84. The number of nitrogens with zero attached hydrogens (tertiary/aromatic N) is 2. The van der Waals surface area contributed by atoms with Crippen molar-refractivity contribution in [1.82, 2.24) is 0 Å². The van der Waals surface area contributed by atoms with E-state index in [1.807, 2.05) is 31.2 Å². The molecule has 1 aliphatic rings. The second-order valence-electron chi connectivity index (χ2n) is 4.29. The van der Waals surface area contributed by atoms with Gasteiger partial charge in [0.25, 0.3) is 0 Å². The molecule has 1 saturated heterocycles. The fraction of sp³-hybridized carbons (Fsp3) is 0.462. The van der Waals surface area contributed by atoms with E-state index in [4.69, 9.17) is 10.00 Å². The summed E-state index contributed by atoms with van der Waals surface area (Å²) in [5, 5.41) is 18.3. The predicted octanol–water partition coefficient (Wildman–Crippen LogP) is 1.14. The SMILES string of the molecule is CC1CN(c2ccccc2C#N)CC(CO)O1. The molecule has 0 spiro atoms. The van der Waals surface area contributed by atoms with Gasteiger partial charge in [-0.15, -0.1) is 0 Å². The number of aliphatic hydroxyl groups is 1. The summed E-state index contributed by atoms with van der Waals surface area (Å²) < 4.78 is 5.59. The minimum absolute atomic E-state index is 0.00948. The highest BCUT2D eigenvalue weighted by Gasteiger charge is 2.25. The molecule has 0 aliphatic carbocycles. The van der Waals surface area contributed by atoms with E-state index >= 15 is 0 Å². The molecule has 2 atom stereocenters. The number of aliphatic hydroxyl groups excluding tert-OH is 1. The Balaban J connectivity index is 2.24. The quantitative estimate of drug-likeness (QED) is 0.831. The summed E-state index contributed by atoms with van der Waals surface area (Å²) in [6.45, 7) is 3.36. The number of morpholine rings is 1. The Kier molecular flexibility index (Phi) is 3.62. The van der Waals surface area contributed by atoms with Gasteiger partial charge in [-0.05, 0) is 19.1 Å². The third-order valence-corrected chi connectivity index (χ3v) is 2.90. The molecule has 4 heteroatoms. The van der Waals surface area contributed by atoms with Crippen LogP contribution in [0, 0.1) is 11.3 Å². The van der Waals surface area contributed by atoms with Crippen LogP contribution in [0.1, 0.15) is 12.5 Å². The van der Waals surface area contributed by atoms with E-state index in [1.165, 1.54) is 0 Å². The number of hydrogen-bond acceptors (Lipinski definition) is 4. The molecule has 17 heavy (non-hydrogen) atoms. The Hall–Kier alpha value is -1.57. The van der Waals surface area contributed by atoms with Gasteiger partial charge in [-0.3, -0.25) is 0 Å². The smallest absolute Gasteiger partial charge is 0.101 e. The number of ether oxygens (including phenoxy) is 1. The van der Waals surface area contributed by atoms with Crippen LogP contribution in [0.2, 0.25) is 0 Å². The second-order valence-corrected chi connectivity index (χ2v) is 4.29. The number of anilines is 1. The summed E-state index contributed by atoms with van der Waals surface area (Å²) in [6, 6.07) is 9.72. The van der Waals surface area contributed by atoms with Gasteiger partial charge >= 0.3 is 0 Å². The van der Waals surface area contributed by atoms with Crippen molar-refractivity contribution < 1.29 is 9.84 Å². The summed E-state index contributed by atoms with van der Waals surface area (Å²) in [6.07, 6.45) is -0.113. The normalized spacial score (nSPS) is 24.4. The molecule has 4 nitrogen and oxygen atoms in total. The summed E-state index contributed by atoms with van der Waals surface area (Å²) in [5.74, 6) is 0. The Morgan fingerprint density at radius 3 is 2.94 bits per heavy atom. The first-order valence-corrected chi connectivity index (χ1v) is 5.75. The summed E-state index contributed by atoms with van der Waals surface area (Å²) >= 11 is 0. The summed E-state index contributed by atoms with van der Waals surface area (Å²) in [5.41, 5.74) is 1.59. The fourth-order valence-electron chi connectivity index (χ4n) is 2.19. The molecule has 2 unspecified atom stereocenters. The van der Waals surface area contributed by atoms with E-state index in [1.54, 1.807) is 0 Å². The second kappa shape index (κ2) is 5.17. The summed E-state index contributed by atoms with van der Waals surface area (Å²) in [4.78, 5) is 2.10. The molecular weight excluding hydrogens is 216 g/mol. The zero-order valence-electron chi connectivity index (χ0n) is 9.84. The van der Waals surface area contributed by atoms with Gasteiger partial charge in [0.05, 0.1) is 30.1 Å². The largest absolute Gasteiger partial charge is 0.394 e. The van der Waals surface area contributed by atoms with Gasteiger partial charge in [-0.2, -0.15) is 5.26 Å². The van der Waals surface area contributed by atoms with Crippen molar-refractivity contribution in [1.29, 1.82) is 5.26 Å². The van der Waals surface area contributed by atoms with E-state index in [2.05, 4.69) is 11.0 Å². The molecule has 1 aromatic carbocycles. The third kappa shape index (κ3) is 2.57. The lowest BCUT2D eigenvalue weighted by atomic mass is 10.1. The van der Waals surface area contributed by atoms with Crippen LogP contribution in [0.3, 0.4) is 0 Å². The molecule has 0 bridgehead atoms. The maximum absolute atomic E-state index is 9.18. The molecule has 1 N–H and O–H groups in total. The van der Waals surface area contributed by atoms with Crippen LogP contribution in [0.25, 0.3) is 0 Å². The van der Waals surface area contributed by atoms with Crippen LogP contribution in [0.15, 0.2) is 24.3 Å². The Morgan fingerprint density at radius 1 is 1.47 bits per heavy atom. The average molecular weight is 232 g/mol. The van der Waals surface area contributed by atoms with Gasteiger partial charge in [-0.1, -0.05) is 12.1 Å². The van der Waals surface area contributed by atoms with Crippen molar-refractivity contribution in [3.63, 3.8) is 0 Å². The van der Waals surface area contributed by atoms with Crippen molar-refractivity contribution in [3.05, 3.63) is 29.8 Å². The molecule has 1 aliphatic heterocycles. The molecule has 2 rings (SSSR count). The van der Waals surface area contributed by atoms with Crippen LogP contribution >= 0.6 is 0 Å². The topological polar surface area (TPSA) is 56.5 Å². The summed E-state index contributed by atoms with van der Waals surface area (Å²) in [7, 11) is 0. The minimum Gasteiger partial charge on any atom is -0.394 e. The highest BCUT2D eigenvalue weighted by molar-refractivity contribution is 5.59. The van der Waals surface area contributed by atoms with E-state index in [0.717, 1.165) is 12.2 Å². The number of benzene rings is 1. The van der Waals surface area contributed by atoms with Gasteiger partial charge in [0.15, 0.2) is 0 Å². The first-order chi connectivity index (χ1) is 8.24. The Bertz CT molecular complexity index is 428. The highest BCUT2D eigenvalue weighted by atomic mass is 16.5. The average Bonchev–Trinajstić information content (AvgIpc) is 2.37. The monoisotopic (exact) mass is 232 g/mol. The lowest BCUT2D eigenvalue weighted by Gasteiger charge is -2.37. The van der Waals surface area contributed by atoms with Crippen molar-refractivity contribution >= 4 is 5.69 Å². The van der Waals surface area contributed by atoms with Crippen LogP contribution in [0.5, 0.6) is 0 Å². The van der Waals surface area contributed by atoms with E-state index in [0.29, 0.717) is 12.1 Å². The van der Waals surface area contributed by atoms with Gasteiger partial charge in [0.2, 0.25) is 0 Å². The lowest BCUT2D eigenvalue weighted by molar-refractivity contribution is -0.0421. The minimum atomic E-state index is -0.175. The van der Waals surface area contributed by atoms with Crippen molar-refractivity contribution in [2.45, 2.75) is 19.1 Å². The van der Waals surface area contributed by atoms with Crippen LogP contribution in [0.4, 0.5) is 5.69 Å². The number of rotatable bonds is 2. The van der Waals surface area contributed by atoms with E-state index < -0.39 is 0 Å². The van der Waals surface area contributed by atoms with Crippen LogP contribution < -0.4 is 4.90 Å². The first-order valence-electron chi connectivity index (χ1n) is 5.75. The fourth-order valence-corrected chi connectivity index (χ4v) is 2.19. The van der Waals surface area contributed by atoms with Crippen LogP contribution in [-0.2, 0) is 4.74 Å². The molecule has 0 amide bonds.